The standard InChI is InChI=1S/C23H36N6O/c1-17(2)20-8-6-19(7-9-20)16-28-12-14-29(15-13-28)23(24-5)25-11-10-21-26-22(18(3)4)27-30-21/h6-9,17-18H,10-16H2,1-5H3,(H,24,25). The Morgan fingerprint density at radius 1 is 1.07 bits per heavy atom. The van der Waals surface area contributed by atoms with Crippen LogP contribution in [0.15, 0.2) is 33.8 Å². The van der Waals surface area contributed by atoms with E-state index >= 15 is 0 Å². The Hall–Kier alpha value is -2.41. The fourth-order valence-electron chi connectivity index (χ4n) is 3.60. The van der Waals surface area contributed by atoms with Crippen LogP contribution < -0.4 is 5.32 Å². The molecule has 2 aromatic rings. The number of aliphatic imine (C=N–C) groups is 1. The van der Waals surface area contributed by atoms with Gasteiger partial charge in [-0.25, -0.2) is 0 Å². The maximum atomic E-state index is 5.32. The van der Waals surface area contributed by atoms with E-state index in [0.29, 0.717) is 18.2 Å². The summed E-state index contributed by atoms with van der Waals surface area (Å²) in [6, 6.07) is 9.06. The van der Waals surface area contributed by atoms with E-state index in [2.05, 4.69) is 82.2 Å². The van der Waals surface area contributed by atoms with Crippen molar-refractivity contribution < 1.29 is 4.52 Å². The van der Waals surface area contributed by atoms with Crippen LogP contribution in [-0.2, 0) is 13.0 Å². The number of piperazine rings is 1. The quantitative estimate of drug-likeness (QED) is 0.556. The summed E-state index contributed by atoms with van der Waals surface area (Å²) < 4.78 is 5.32. The number of nitrogens with zero attached hydrogens (tertiary/aromatic N) is 5. The first-order valence-electron chi connectivity index (χ1n) is 11.1. The molecule has 2 heterocycles. The third-order valence-corrected chi connectivity index (χ3v) is 5.56. The topological polar surface area (TPSA) is 69.8 Å². The van der Waals surface area contributed by atoms with E-state index in [1.54, 1.807) is 0 Å². The largest absolute Gasteiger partial charge is 0.356 e. The van der Waals surface area contributed by atoms with Gasteiger partial charge < -0.3 is 14.7 Å². The molecule has 164 valence electrons. The molecule has 7 heteroatoms. The van der Waals surface area contributed by atoms with E-state index in [0.717, 1.165) is 51.1 Å². The van der Waals surface area contributed by atoms with Crippen molar-refractivity contribution in [3.8, 4) is 0 Å². The third-order valence-electron chi connectivity index (χ3n) is 5.56. The van der Waals surface area contributed by atoms with Crippen LogP contribution >= 0.6 is 0 Å². The molecule has 1 aliphatic heterocycles. The second-order valence-corrected chi connectivity index (χ2v) is 8.58. The van der Waals surface area contributed by atoms with E-state index in [-0.39, 0.29) is 5.92 Å². The summed E-state index contributed by atoms with van der Waals surface area (Å²) in [5.74, 6) is 3.26. The molecule has 1 aromatic heterocycles. The normalized spacial score (nSPS) is 16.0. The third kappa shape index (κ3) is 6.05. The van der Waals surface area contributed by atoms with Crippen LogP contribution in [-0.4, -0.2) is 65.7 Å². The SMILES string of the molecule is CN=C(NCCc1nc(C(C)C)no1)N1CCN(Cc2ccc(C(C)C)cc2)CC1. The highest BCUT2D eigenvalue weighted by Crippen LogP contribution is 2.16. The van der Waals surface area contributed by atoms with E-state index in [1.165, 1.54) is 11.1 Å². The lowest BCUT2D eigenvalue weighted by atomic mass is 10.0. The van der Waals surface area contributed by atoms with Crippen LogP contribution in [0.4, 0.5) is 0 Å². The molecule has 0 bridgehead atoms. The molecule has 1 aromatic carbocycles. The maximum absolute atomic E-state index is 5.32. The molecular formula is C23H36N6O. The van der Waals surface area contributed by atoms with Gasteiger partial charge >= 0.3 is 0 Å². The molecule has 30 heavy (non-hydrogen) atoms. The first-order chi connectivity index (χ1) is 14.5. The summed E-state index contributed by atoms with van der Waals surface area (Å²) in [7, 11) is 1.84. The molecule has 0 spiro atoms. The van der Waals surface area contributed by atoms with Gasteiger partial charge in [0, 0.05) is 58.7 Å². The summed E-state index contributed by atoms with van der Waals surface area (Å²) in [5, 5.41) is 7.46. The zero-order chi connectivity index (χ0) is 21.5. The molecule has 0 atom stereocenters. The van der Waals surface area contributed by atoms with Crippen molar-refractivity contribution in [2.75, 3.05) is 39.8 Å². The summed E-state index contributed by atoms with van der Waals surface area (Å²) in [6.07, 6.45) is 0.699. The van der Waals surface area contributed by atoms with Crippen LogP contribution in [0, 0.1) is 0 Å². The molecule has 1 aliphatic rings. The zero-order valence-corrected chi connectivity index (χ0v) is 19.1. The van der Waals surface area contributed by atoms with Gasteiger partial charge in [-0.1, -0.05) is 57.1 Å². The van der Waals surface area contributed by atoms with E-state index < -0.39 is 0 Å². The van der Waals surface area contributed by atoms with Crippen molar-refractivity contribution >= 4 is 5.96 Å². The van der Waals surface area contributed by atoms with E-state index in [1.807, 2.05) is 7.05 Å². The molecule has 0 unspecified atom stereocenters. The van der Waals surface area contributed by atoms with E-state index in [4.69, 9.17) is 4.52 Å². The van der Waals surface area contributed by atoms with Crippen molar-refractivity contribution in [2.24, 2.45) is 4.99 Å². The predicted molar refractivity (Wildman–Crippen MR) is 121 cm³/mol. The second kappa shape index (κ2) is 10.6. The lowest BCUT2D eigenvalue weighted by molar-refractivity contribution is 0.172. The van der Waals surface area contributed by atoms with Crippen molar-refractivity contribution in [1.29, 1.82) is 0 Å². The Balaban J connectivity index is 1.42. The fraction of sp³-hybridized carbons (Fsp3) is 0.609. The molecule has 1 saturated heterocycles. The first kappa shape index (κ1) is 22.3. The van der Waals surface area contributed by atoms with Gasteiger partial charge in [-0.2, -0.15) is 4.98 Å². The molecule has 0 aliphatic carbocycles. The Labute approximate surface area is 180 Å². The lowest BCUT2D eigenvalue weighted by Crippen LogP contribution is -2.52. The number of benzene rings is 1. The molecule has 1 N–H and O–H groups in total. The monoisotopic (exact) mass is 412 g/mol. The van der Waals surface area contributed by atoms with Crippen LogP contribution in [0.1, 0.15) is 62.4 Å². The molecular weight excluding hydrogens is 376 g/mol. The highest BCUT2D eigenvalue weighted by molar-refractivity contribution is 5.80. The van der Waals surface area contributed by atoms with Crippen LogP contribution in [0.2, 0.25) is 0 Å². The van der Waals surface area contributed by atoms with Gasteiger partial charge in [-0.15, -0.1) is 0 Å². The first-order valence-corrected chi connectivity index (χ1v) is 11.1. The smallest absolute Gasteiger partial charge is 0.228 e. The number of nitrogens with one attached hydrogen (secondary N) is 1. The summed E-state index contributed by atoms with van der Waals surface area (Å²) in [4.78, 5) is 13.7. The highest BCUT2D eigenvalue weighted by atomic mass is 16.5. The van der Waals surface area contributed by atoms with Gasteiger partial charge in [0.15, 0.2) is 11.8 Å². The van der Waals surface area contributed by atoms with Gasteiger partial charge in [0.1, 0.15) is 0 Å². The number of aromatic nitrogens is 2. The number of hydrogen-bond donors (Lipinski definition) is 1. The minimum Gasteiger partial charge on any atom is -0.356 e. The predicted octanol–water partition coefficient (Wildman–Crippen LogP) is 3.25. The van der Waals surface area contributed by atoms with Crippen LogP contribution in [0.5, 0.6) is 0 Å². The van der Waals surface area contributed by atoms with Gasteiger partial charge in [0.25, 0.3) is 0 Å². The van der Waals surface area contributed by atoms with Crippen LogP contribution in [0.3, 0.4) is 0 Å². The number of guanidine groups is 1. The Kier molecular flexibility index (Phi) is 7.85. The van der Waals surface area contributed by atoms with Gasteiger partial charge in [-0.3, -0.25) is 9.89 Å². The van der Waals surface area contributed by atoms with Gasteiger partial charge in [-0.05, 0) is 17.0 Å². The van der Waals surface area contributed by atoms with Gasteiger partial charge in [0.05, 0.1) is 0 Å². The zero-order valence-electron chi connectivity index (χ0n) is 19.1. The number of hydrogen-bond acceptors (Lipinski definition) is 5. The lowest BCUT2D eigenvalue weighted by Gasteiger charge is -2.36. The van der Waals surface area contributed by atoms with Crippen molar-refractivity contribution in [2.45, 2.75) is 52.5 Å². The van der Waals surface area contributed by atoms with Crippen molar-refractivity contribution in [3.05, 3.63) is 47.1 Å². The second-order valence-electron chi connectivity index (χ2n) is 8.58. The fourth-order valence-corrected chi connectivity index (χ4v) is 3.60. The summed E-state index contributed by atoms with van der Waals surface area (Å²) in [5.41, 5.74) is 2.79. The highest BCUT2D eigenvalue weighted by Gasteiger charge is 2.20. The molecule has 0 radical (unpaired) electrons. The molecule has 3 rings (SSSR count). The average Bonchev–Trinajstić information content (AvgIpc) is 3.22. The molecule has 7 nitrogen and oxygen atoms in total. The molecule has 1 fully saturated rings. The van der Waals surface area contributed by atoms with E-state index in [9.17, 15) is 0 Å². The average molecular weight is 413 g/mol. The summed E-state index contributed by atoms with van der Waals surface area (Å²) >= 11 is 0. The Morgan fingerprint density at radius 2 is 1.77 bits per heavy atom. The minimum absolute atomic E-state index is 0.285. The Morgan fingerprint density at radius 3 is 2.33 bits per heavy atom. The van der Waals surface area contributed by atoms with Gasteiger partial charge in [0.2, 0.25) is 5.89 Å². The maximum Gasteiger partial charge on any atom is 0.228 e. The van der Waals surface area contributed by atoms with Crippen molar-refractivity contribution in [3.63, 3.8) is 0 Å². The number of rotatable bonds is 7. The van der Waals surface area contributed by atoms with Crippen molar-refractivity contribution in [1.82, 2.24) is 25.3 Å². The summed E-state index contributed by atoms with van der Waals surface area (Å²) in [6.45, 7) is 14.4. The minimum atomic E-state index is 0.285. The Bertz CT molecular complexity index is 803. The molecule has 0 amide bonds. The molecule has 0 saturated carbocycles. The van der Waals surface area contributed by atoms with Crippen LogP contribution in [0.25, 0.3) is 0 Å².